The molecule has 102 valence electrons. The molecule has 0 atom stereocenters. The zero-order valence-electron chi connectivity index (χ0n) is 11.4. The van der Waals surface area contributed by atoms with Gasteiger partial charge in [0.25, 0.3) is 0 Å². The maximum atomic E-state index is 11.3. The molecule has 0 heterocycles. The van der Waals surface area contributed by atoms with Crippen LogP contribution in [0.1, 0.15) is 12.5 Å². The molecule has 1 aromatic rings. The lowest BCUT2D eigenvalue weighted by molar-refractivity contribution is -0.125. The molecule has 0 unspecified atom stereocenters. The lowest BCUT2D eigenvalue weighted by Crippen LogP contribution is -2.28. The van der Waals surface area contributed by atoms with Gasteiger partial charge >= 0.3 is 0 Å². The number of hydrogen-bond acceptors (Lipinski definition) is 3. The molecule has 0 aromatic heterocycles. The van der Waals surface area contributed by atoms with Crippen molar-refractivity contribution in [3.8, 4) is 17.6 Å². The first-order valence-electron chi connectivity index (χ1n) is 6.16. The summed E-state index contributed by atoms with van der Waals surface area (Å²) in [7, 11) is 0. The van der Waals surface area contributed by atoms with Crippen molar-refractivity contribution < 1.29 is 14.3 Å². The average molecular weight is 261 g/mol. The third kappa shape index (κ3) is 7.12. The quantitative estimate of drug-likeness (QED) is 0.598. The van der Waals surface area contributed by atoms with Crippen LogP contribution in [-0.4, -0.2) is 32.3 Å². The Labute approximate surface area is 114 Å². The summed E-state index contributed by atoms with van der Waals surface area (Å²) < 4.78 is 10.7. The van der Waals surface area contributed by atoms with E-state index < -0.39 is 0 Å². The molecule has 0 saturated heterocycles. The van der Waals surface area contributed by atoms with Crippen molar-refractivity contribution in [3.05, 3.63) is 29.8 Å². The van der Waals surface area contributed by atoms with Crippen molar-refractivity contribution in [2.24, 2.45) is 0 Å². The number of carbonyl (C=O) groups excluding carboxylic acids is 1. The minimum Gasteiger partial charge on any atom is -0.491 e. The smallest absolute Gasteiger partial charge is 0.246 e. The summed E-state index contributed by atoms with van der Waals surface area (Å²) in [6.07, 6.45) is 0. The van der Waals surface area contributed by atoms with Crippen LogP contribution in [0, 0.1) is 18.8 Å². The molecule has 1 rings (SSSR count). The molecule has 0 aliphatic carbocycles. The maximum Gasteiger partial charge on any atom is 0.246 e. The Bertz CT molecular complexity index is 460. The monoisotopic (exact) mass is 261 g/mol. The van der Waals surface area contributed by atoms with Gasteiger partial charge in [-0.15, -0.1) is 5.92 Å². The maximum absolute atomic E-state index is 11.3. The van der Waals surface area contributed by atoms with E-state index in [9.17, 15) is 4.79 Å². The van der Waals surface area contributed by atoms with Crippen LogP contribution in [-0.2, 0) is 9.53 Å². The van der Waals surface area contributed by atoms with E-state index in [1.54, 1.807) is 6.92 Å². The molecule has 0 bridgehead atoms. The van der Waals surface area contributed by atoms with Crippen LogP contribution in [0.2, 0.25) is 0 Å². The van der Waals surface area contributed by atoms with Gasteiger partial charge in [-0.25, -0.2) is 0 Å². The van der Waals surface area contributed by atoms with Crippen molar-refractivity contribution in [2.75, 3.05) is 26.4 Å². The van der Waals surface area contributed by atoms with Gasteiger partial charge in [-0.1, -0.05) is 18.1 Å². The van der Waals surface area contributed by atoms with E-state index in [1.165, 1.54) is 0 Å². The molecule has 0 radical (unpaired) electrons. The average Bonchev–Trinajstić information content (AvgIpc) is 2.39. The van der Waals surface area contributed by atoms with Crippen molar-refractivity contribution in [2.45, 2.75) is 13.8 Å². The molecule has 0 aliphatic heterocycles. The van der Waals surface area contributed by atoms with E-state index in [0.717, 1.165) is 11.3 Å². The molecule has 4 heteroatoms. The molecule has 0 saturated carbocycles. The van der Waals surface area contributed by atoms with Gasteiger partial charge in [0.15, 0.2) is 0 Å². The van der Waals surface area contributed by atoms with E-state index in [1.807, 2.05) is 31.2 Å². The molecule has 1 N–H and O–H groups in total. The molecule has 19 heavy (non-hydrogen) atoms. The Morgan fingerprint density at radius 2 is 2.21 bits per heavy atom. The van der Waals surface area contributed by atoms with Crippen molar-refractivity contribution in [3.63, 3.8) is 0 Å². The number of carbonyl (C=O) groups is 1. The summed E-state index contributed by atoms with van der Waals surface area (Å²) in [5, 5.41) is 2.62. The molecule has 0 spiro atoms. The number of rotatable bonds is 7. The zero-order chi connectivity index (χ0) is 13.9. The van der Waals surface area contributed by atoms with E-state index >= 15 is 0 Å². The van der Waals surface area contributed by atoms with Crippen LogP contribution < -0.4 is 10.1 Å². The highest BCUT2D eigenvalue weighted by molar-refractivity contribution is 5.77. The third-order valence-corrected chi connectivity index (χ3v) is 2.27. The van der Waals surface area contributed by atoms with E-state index in [-0.39, 0.29) is 12.5 Å². The molecular weight excluding hydrogens is 242 g/mol. The van der Waals surface area contributed by atoms with Crippen LogP contribution >= 0.6 is 0 Å². The van der Waals surface area contributed by atoms with Gasteiger partial charge in [-0.3, -0.25) is 4.79 Å². The Hall–Kier alpha value is -1.99. The summed E-state index contributed by atoms with van der Waals surface area (Å²) >= 11 is 0. The zero-order valence-corrected chi connectivity index (χ0v) is 11.4. The predicted octanol–water partition coefficient (Wildman–Crippen LogP) is 1.53. The number of aryl methyl sites for hydroxylation is 1. The molecule has 1 aromatic carbocycles. The topological polar surface area (TPSA) is 47.6 Å². The minimum atomic E-state index is -0.168. The number of amides is 1. The van der Waals surface area contributed by atoms with Crippen LogP contribution in [0.3, 0.4) is 0 Å². The second-order valence-electron chi connectivity index (χ2n) is 3.92. The van der Waals surface area contributed by atoms with Gasteiger partial charge in [-0.2, -0.15) is 0 Å². The first kappa shape index (κ1) is 15.1. The normalized spacial score (nSPS) is 9.37. The van der Waals surface area contributed by atoms with Gasteiger partial charge in [0.05, 0.1) is 13.2 Å². The van der Waals surface area contributed by atoms with E-state index in [0.29, 0.717) is 19.8 Å². The van der Waals surface area contributed by atoms with Crippen LogP contribution in [0.15, 0.2) is 24.3 Å². The summed E-state index contributed by atoms with van der Waals surface area (Å²) in [6.45, 7) is 4.92. The summed E-state index contributed by atoms with van der Waals surface area (Å²) in [5.74, 6) is 6.09. The van der Waals surface area contributed by atoms with Crippen molar-refractivity contribution in [1.29, 1.82) is 0 Å². The predicted molar refractivity (Wildman–Crippen MR) is 74.0 cm³/mol. The fraction of sp³-hybridized carbons (Fsp3) is 0.400. The fourth-order valence-corrected chi connectivity index (χ4v) is 1.37. The Balaban J connectivity index is 2.07. The van der Waals surface area contributed by atoms with Crippen molar-refractivity contribution in [1.82, 2.24) is 5.32 Å². The lowest BCUT2D eigenvalue weighted by Gasteiger charge is -2.07. The summed E-state index contributed by atoms with van der Waals surface area (Å²) in [6, 6.07) is 7.79. The first-order valence-corrected chi connectivity index (χ1v) is 6.16. The summed E-state index contributed by atoms with van der Waals surface area (Å²) in [4.78, 5) is 11.3. The lowest BCUT2D eigenvalue weighted by atomic mass is 10.2. The van der Waals surface area contributed by atoms with Crippen LogP contribution in [0.4, 0.5) is 0 Å². The Morgan fingerprint density at radius 1 is 1.37 bits per heavy atom. The molecule has 1 amide bonds. The minimum absolute atomic E-state index is 0.0303. The Kier molecular flexibility index (Phi) is 7.14. The molecule has 4 nitrogen and oxygen atoms in total. The number of benzene rings is 1. The van der Waals surface area contributed by atoms with Crippen LogP contribution in [0.25, 0.3) is 0 Å². The largest absolute Gasteiger partial charge is 0.491 e. The molecule has 0 fully saturated rings. The van der Waals surface area contributed by atoms with Gasteiger partial charge in [0, 0.05) is 0 Å². The number of hydrogen-bond donors (Lipinski definition) is 1. The first-order chi connectivity index (χ1) is 9.22. The molecular formula is C15H19NO3. The van der Waals surface area contributed by atoms with Gasteiger partial charge in [0.2, 0.25) is 5.91 Å². The summed E-state index contributed by atoms with van der Waals surface area (Å²) in [5.41, 5.74) is 1.15. The van der Waals surface area contributed by atoms with Gasteiger partial charge in [-0.05, 0) is 31.5 Å². The number of ether oxygens (including phenoxy) is 2. The second-order valence-corrected chi connectivity index (χ2v) is 3.92. The van der Waals surface area contributed by atoms with Gasteiger partial charge in [0.1, 0.15) is 19.0 Å². The van der Waals surface area contributed by atoms with Gasteiger partial charge < -0.3 is 14.8 Å². The van der Waals surface area contributed by atoms with E-state index in [4.69, 9.17) is 9.47 Å². The molecule has 0 aliphatic rings. The van der Waals surface area contributed by atoms with Crippen molar-refractivity contribution >= 4 is 5.91 Å². The van der Waals surface area contributed by atoms with Crippen LogP contribution in [0.5, 0.6) is 5.75 Å². The van der Waals surface area contributed by atoms with E-state index in [2.05, 4.69) is 17.2 Å². The highest BCUT2D eigenvalue weighted by Crippen LogP contribution is 2.11. The SMILES string of the molecule is CC#CCNC(=O)COCCOc1cccc(C)c1. The highest BCUT2D eigenvalue weighted by atomic mass is 16.5. The standard InChI is InChI=1S/C15H19NO3/c1-3-4-8-16-15(17)12-18-9-10-19-14-7-5-6-13(2)11-14/h5-7,11H,8-10,12H2,1-2H3,(H,16,17). The fourth-order valence-electron chi connectivity index (χ4n) is 1.37. The second kappa shape index (κ2) is 9.01. The third-order valence-electron chi connectivity index (χ3n) is 2.27. The number of nitrogens with one attached hydrogen (secondary N) is 1. The highest BCUT2D eigenvalue weighted by Gasteiger charge is 1.99. The Morgan fingerprint density at radius 3 is 2.95 bits per heavy atom.